The largest absolute Gasteiger partial charge is 0.393 e. The first kappa shape index (κ1) is 15.1. The molecule has 0 atom stereocenters. The first-order valence-corrected chi connectivity index (χ1v) is 7.65. The number of hydrogen-bond acceptors (Lipinski definition) is 3. The molecule has 0 aliphatic heterocycles. The Kier molecular flexibility index (Phi) is 5.71. The second-order valence-corrected chi connectivity index (χ2v) is 6.43. The van der Waals surface area contributed by atoms with E-state index in [4.69, 9.17) is 18.0 Å². The van der Waals surface area contributed by atoms with Crippen molar-refractivity contribution in [2.75, 3.05) is 6.54 Å². The second kappa shape index (κ2) is 6.82. The van der Waals surface area contributed by atoms with Crippen LogP contribution in [0.4, 0.5) is 0 Å². The smallest absolute Gasteiger partial charge is 0.240 e. The Morgan fingerprint density at radius 3 is 2.72 bits per heavy atom. The van der Waals surface area contributed by atoms with Crippen molar-refractivity contribution in [1.29, 1.82) is 0 Å². The van der Waals surface area contributed by atoms with Gasteiger partial charge in [0, 0.05) is 6.54 Å². The van der Waals surface area contributed by atoms with E-state index in [1.54, 1.807) is 18.2 Å². The Bertz CT molecular complexity index is 513. The number of aryl methyl sites for hydroxylation is 1. The zero-order valence-electron chi connectivity index (χ0n) is 10.3. The fraction of sp³-hybridized carbons (Fsp3) is 0.417. The van der Waals surface area contributed by atoms with Gasteiger partial charge in [-0.3, -0.25) is 0 Å². The van der Waals surface area contributed by atoms with Gasteiger partial charge in [-0.25, -0.2) is 13.1 Å². The summed E-state index contributed by atoms with van der Waals surface area (Å²) in [6.07, 6.45) is 2.18. The molecule has 4 nitrogen and oxygen atoms in total. The SMILES string of the molecule is Cc1cccc(S(=O)(=O)NCCCCC(N)=S)c1. The lowest BCUT2D eigenvalue weighted by Crippen LogP contribution is -2.25. The standard InChI is InChI=1S/C12H18N2O2S2/c1-10-5-4-6-11(9-10)18(15,16)14-8-3-2-7-12(13)17/h4-6,9,14H,2-3,7-8H2,1H3,(H2,13,17). The van der Waals surface area contributed by atoms with E-state index < -0.39 is 10.0 Å². The quantitative estimate of drug-likeness (QED) is 0.591. The minimum Gasteiger partial charge on any atom is -0.393 e. The number of rotatable bonds is 7. The zero-order valence-corrected chi connectivity index (χ0v) is 12.0. The van der Waals surface area contributed by atoms with Crippen molar-refractivity contribution in [3.8, 4) is 0 Å². The zero-order chi connectivity index (χ0) is 13.6. The molecule has 0 aromatic heterocycles. The van der Waals surface area contributed by atoms with Crippen molar-refractivity contribution in [2.45, 2.75) is 31.1 Å². The molecule has 0 radical (unpaired) electrons. The van der Waals surface area contributed by atoms with Gasteiger partial charge in [0.25, 0.3) is 0 Å². The fourth-order valence-corrected chi connectivity index (χ4v) is 2.82. The van der Waals surface area contributed by atoms with E-state index in [0.29, 0.717) is 22.8 Å². The summed E-state index contributed by atoms with van der Waals surface area (Å²) < 4.78 is 26.4. The van der Waals surface area contributed by atoms with Gasteiger partial charge in [0.1, 0.15) is 0 Å². The lowest BCUT2D eigenvalue weighted by Gasteiger charge is -2.07. The molecule has 1 aromatic carbocycles. The maximum atomic E-state index is 11.9. The van der Waals surface area contributed by atoms with Crippen LogP contribution in [0.15, 0.2) is 29.2 Å². The van der Waals surface area contributed by atoms with Gasteiger partial charge in [-0.1, -0.05) is 24.4 Å². The molecule has 0 heterocycles. The van der Waals surface area contributed by atoms with E-state index in [0.717, 1.165) is 18.4 Å². The van der Waals surface area contributed by atoms with Crippen LogP contribution in [0, 0.1) is 6.92 Å². The van der Waals surface area contributed by atoms with Crippen LogP contribution in [0.25, 0.3) is 0 Å². The lowest BCUT2D eigenvalue weighted by molar-refractivity contribution is 0.577. The van der Waals surface area contributed by atoms with Crippen LogP contribution in [0.5, 0.6) is 0 Å². The van der Waals surface area contributed by atoms with Crippen LogP contribution in [-0.2, 0) is 10.0 Å². The number of unbranched alkanes of at least 4 members (excludes halogenated alkanes) is 1. The number of benzene rings is 1. The molecule has 18 heavy (non-hydrogen) atoms. The lowest BCUT2D eigenvalue weighted by atomic mass is 10.2. The van der Waals surface area contributed by atoms with Crippen molar-refractivity contribution < 1.29 is 8.42 Å². The third-order valence-corrected chi connectivity index (χ3v) is 4.10. The highest BCUT2D eigenvalue weighted by Crippen LogP contribution is 2.10. The molecule has 0 spiro atoms. The van der Waals surface area contributed by atoms with Gasteiger partial charge in [0.05, 0.1) is 9.88 Å². The Morgan fingerprint density at radius 2 is 2.11 bits per heavy atom. The minimum absolute atomic E-state index is 0.303. The Hall–Kier alpha value is -0.980. The minimum atomic E-state index is -3.40. The van der Waals surface area contributed by atoms with E-state index in [-0.39, 0.29) is 0 Å². The summed E-state index contributed by atoms with van der Waals surface area (Å²) in [6.45, 7) is 2.26. The van der Waals surface area contributed by atoms with Crippen molar-refractivity contribution in [2.24, 2.45) is 5.73 Å². The van der Waals surface area contributed by atoms with E-state index in [9.17, 15) is 8.42 Å². The second-order valence-electron chi connectivity index (χ2n) is 4.14. The van der Waals surface area contributed by atoms with Crippen LogP contribution in [0.1, 0.15) is 24.8 Å². The molecular weight excluding hydrogens is 268 g/mol. The van der Waals surface area contributed by atoms with Gasteiger partial charge in [0.2, 0.25) is 10.0 Å². The van der Waals surface area contributed by atoms with Gasteiger partial charge in [-0.15, -0.1) is 0 Å². The molecule has 0 saturated carbocycles. The summed E-state index contributed by atoms with van der Waals surface area (Å²) in [7, 11) is -3.40. The third kappa shape index (κ3) is 5.12. The highest BCUT2D eigenvalue weighted by atomic mass is 32.2. The molecular formula is C12H18N2O2S2. The van der Waals surface area contributed by atoms with E-state index in [2.05, 4.69) is 4.72 Å². The van der Waals surface area contributed by atoms with Crippen molar-refractivity contribution >= 4 is 27.2 Å². The first-order valence-electron chi connectivity index (χ1n) is 5.76. The fourth-order valence-electron chi connectivity index (χ4n) is 1.50. The Morgan fingerprint density at radius 1 is 1.39 bits per heavy atom. The Balaban J connectivity index is 2.48. The molecule has 6 heteroatoms. The van der Waals surface area contributed by atoms with Crippen LogP contribution in [-0.4, -0.2) is 20.0 Å². The predicted molar refractivity (Wildman–Crippen MR) is 77.0 cm³/mol. The molecule has 0 bridgehead atoms. The van der Waals surface area contributed by atoms with Gasteiger partial charge < -0.3 is 5.73 Å². The molecule has 0 fully saturated rings. The Labute approximate surface area is 114 Å². The third-order valence-electron chi connectivity index (χ3n) is 2.44. The molecule has 0 saturated heterocycles. The van der Waals surface area contributed by atoms with Gasteiger partial charge in [-0.2, -0.15) is 0 Å². The first-order chi connectivity index (χ1) is 8.42. The van der Waals surface area contributed by atoms with E-state index in [1.165, 1.54) is 0 Å². The van der Waals surface area contributed by atoms with Crippen LogP contribution < -0.4 is 10.5 Å². The maximum absolute atomic E-state index is 11.9. The summed E-state index contributed by atoms with van der Waals surface area (Å²) in [5.41, 5.74) is 6.28. The van der Waals surface area contributed by atoms with Gasteiger partial charge in [-0.05, 0) is 43.9 Å². The highest BCUT2D eigenvalue weighted by Gasteiger charge is 2.12. The van der Waals surface area contributed by atoms with E-state index >= 15 is 0 Å². The molecule has 1 rings (SSSR count). The van der Waals surface area contributed by atoms with Gasteiger partial charge >= 0.3 is 0 Å². The average Bonchev–Trinajstić information content (AvgIpc) is 2.28. The van der Waals surface area contributed by atoms with Crippen LogP contribution in [0.2, 0.25) is 0 Å². The molecule has 0 amide bonds. The normalized spacial score (nSPS) is 11.4. The van der Waals surface area contributed by atoms with E-state index in [1.807, 2.05) is 13.0 Å². The number of nitrogens with one attached hydrogen (secondary N) is 1. The molecule has 0 aliphatic rings. The summed E-state index contributed by atoms with van der Waals surface area (Å²) in [5.74, 6) is 0. The molecule has 3 N–H and O–H groups in total. The summed E-state index contributed by atoms with van der Waals surface area (Å²) in [5, 5.41) is 0. The number of thiocarbonyl (C=S) groups is 1. The maximum Gasteiger partial charge on any atom is 0.240 e. The topological polar surface area (TPSA) is 72.2 Å². The highest BCUT2D eigenvalue weighted by molar-refractivity contribution is 7.89. The molecule has 1 aromatic rings. The van der Waals surface area contributed by atoms with Crippen molar-refractivity contribution in [3.63, 3.8) is 0 Å². The van der Waals surface area contributed by atoms with Crippen LogP contribution in [0.3, 0.4) is 0 Å². The number of hydrogen-bond donors (Lipinski definition) is 2. The molecule has 100 valence electrons. The van der Waals surface area contributed by atoms with Crippen molar-refractivity contribution in [1.82, 2.24) is 4.72 Å². The summed E-state index contributed by atoms with van der Waals surface area (Å²) in [4.78, 5) is 0.772. The van der Waals surface area contributed by atoms with Crippen molar-refractivity contribution in [3.05, 3.63) is 29.8 Å². The predicted octanol–water partition coefficient (Wildman–Crippen LogP) is 1.73. The monoisotopic (exact) mass is 286 g/mol. The number of nitrogens with two attached hydrogens (primary N) is 1. The summed E-state index contributed by atoms with van der Waals surface area (Å²) >= 11 is 4.75. The average molecular weight is 286 g/mol. The number of sulfonamides is 1. The summed E-state index contributed by atoms with van der Waals surface area (Å²) in [6, 6.07) is 6.83. The molecule has 0 aliphatic carbocycles. The van der Waals surface area contributed by atoms with Gasteiger partial charge in [0.15, 0.2) is 0 Å². The molecule has 0 unspecified atom stereocenters. The van der Waals surface area contributed by atoms with Crippen LogP contribution >= 0.6 is 12.2 Å².